The van der Waals surface area contributed by atoms with Crippen LogP contribution in [0.5, 0.6) is 0 Å². The van der Waals surface area contributed by atoms with Gasteiger partial charge in [-0.05, 0) is 49.7 Å². The van der Waals surface area contributed by atoms with Crippen molar-refractivity contribution in [3.8, 4) is 22.6 Å². The minimum absolute atomic E-state index is 0.0371. The van der Waals surface area contributed by atoms with Crippen molar-refractivity contribution in [3.05, 3.63) is 54.6 Å². The summed E-state index contributed by atoms with van der Waals surface area (Å²) >= 11 is 0. The Morgan fingerprint density at radius 1 is 1.08 bits per heavy atom. The van der Waals surface area contributed by atoms with Crippen LogP contribution in [0.1, 0.15) is 26.2 Å². The summed E-state index contributed by atoms with van der Waals surface area (Å²) in [7, 11) is 0. The Morgan fingerprint density at radius 2 is 1.92 bits per heavy atom. The standard InChI is InChI=1S/C26H26F3N9/c1-2-38-24(33-17-4-5-18(19(27)11-17)20-7-9-31-23(30)34-20)35-22(36-38)16-3-6-21(32-12-16)37-10-8-25(15-37)13-26(28,29)14-25/h3-7,9,11-12H,2,8,10,13-15H2,1H3,(H2,30,31,34)(H,33,35,36). The maximum Gasteiger partial charge on any atom is 0.249 e. The molecule has 4 heterocycles. The van der Waals surface area contributed by atoms with Gasteiger partial charge in [0.15, 0.2) is 5.82 Å². The van der Waals surface area contributed by atoms with Gasteiger partial charge in [0.2, 0.25) is 17.8 Å². The molecule has 0 amide bonds. The second-order valence-corrected chi connectivity index (χ2v) is 9.98. The summed E-state index contributed by atoms with van der Waals surface area (Å²) in [4.78, 5) is 19.1. The van der Waals surface area contributed by atoms with E-state index in [4.69, 9.17) is 5.73 Å². The molecule has 3 N–H and O–H groups in total. The number of rotatable bonds is 6. The lowest BCUT2D eigenvalue weighted by Crippen LogP contribution is -2.47. The molecule has 1 aromatic carbocycles. The van der Waals surface area contributed by atoms with Crippen LogP contribution in [0.3, 0.4) is 0 Å². The van der Waals surface area contributed by atoms with Crippen molar-refractivity contribution in [3.63, 3.8) is 0 Å². The number of aryl methyl sites for hydroxylation is 1. The van der Waals surface area contributed by atoms with Gasteiger partial charge in [-0.2, -0.15) is 4.98 Å². The van der Waals surface area contributed by atoms with Gasteiger partial charge in [0, 0.05) is 67.1 Å². The first-order valence-electron chi connectivity index (χ1n) is 12.4. The number of benzene rings is 1. The van der Waals surface area contributed by atoms with E-state index >= 15 is 0 Å². The van der Waals surface area contributed by atoms with Crippen LogP contribution in [-0.2, 0) is 6.54 Å². The predicted molar refractivity (Wildman–Crippen MR) is 137 cm³/mol. The summed E-state index contributed by atoms with van der Waals surface area (Å²) < 4.78 is 43.4. The molecule has 2 fully saturated rings. The molecule has 38 heavy (non-hydrogen) atoms. The van der Waals surface area contributed by atoms with Crippen molar-refractivity contribution in [2.75, 3.05) is 29.0 Å². The Balaban J connectivity index is 1.17. The summed E-state index contributed by atoms with van der Waals surface area (Å²) in [5.74, 6) is -1.24. The highest BCUT2D eigenvalue weighted by Crippen LogP contribution is 2.56. The lowest BCUT2D eigenvalue weighted by Gasteiger charge is -2.44. The van der Waals surface area contributed by atoms with Crippen LogP contribution in [0.15, 0.2) is 48.8 Å². The molecule has 1 spiro atoms. The Hall–Kier alpha value is -4.22. The highest BCUT2D eigenvalue weighted by Gasteiger charge is 2.58. The summed E-state index contributed by atoms with van der Waals surface area (Å²) in [6, 6.07) is 10.0. The van der Waals surface area contributed by atoms with Crippen LogP contribution in [0.2, 0.25) is 0 Å². The third-order valence-corrected chi connectivity index (χ3v) is 7.18. The molecule has 0 unspecified atom stereocenters. The zero-order valence-electron chi connectivity index (χ0n) is 20.7. The quantitative estimate of drug-likeness (QED) is 0.368. The molecular formula is C26H26F3N9. The molecule has 6 rings (SSSR count). The number of hydrogen-bond donors (Lipinski definition) is 2. The molecule has 0 bridgehead atoms. The zero-order chi connectivity index (χ0) is 26.5. The largest absolute Gasteiger partial charge is 0.368 e. The Labute approximate surface area is 217 Å². The second-order valence-electron chi connectivity index (χ2n) is 9.98. The van der Waals surface area contributed by atoms with E-state index in [1.165, 1.54) is 12.3 Å². The van der Waals surface area contributed by atoms with Gasteiger partial charge in [-0.3, -0.25) is 0 Å². The summed E-state index contributed by atoms with van der Waals surface area (Å²) in [6.45, 7) is 3.80. The van der Waals surface area contributed by atoms with Crippen LogP contribution in [0, 0.1) is 11.2 Å². The van der Waals surface area contributed by atoms with Crippen molar-refractivity contribution < 1.29 is 13.2 Å². The molecule has 1 aliphatic carbocycles. The number of nitrogens with two attached hydrogens (primary N) is 1. The summed E-state index contributed by atoms with van der Waals surface area (Å²) in [5, 5.41) is 7.69. The van der Waals surface area contributed by atoms with Crippen LogP contribution < -0.4 is 16.0 Å². The van der Waals surface area contributed by atoms with Crippen LogP contribution in [0.4, 0.5) is 36.6 Å². The van der Waals surface area contributed by atoms with Crippen molar-refractivity contribution in [2.45, 2.75) is 38.7 Å². The first-order chi connectivity index (χ1) is 18.2. The molecule has 9 nitrogen and oxygen atoms in total. The molecule has 3 aromatic heterocycles. The van der Waals surface area contributed by atoms with Crippen LogP contribution >= 0.6 is 0 Å². The van der Waals surface area contributed by atoms with Crippen LogP contribution in [0.25, 0.3) is 22.6 Å². The highest BCUT2D eigenvalue weighted by molar-refractivity contribution is 5.66. The molecular weight excluding hydrogens is 495 g/mol. The number of pyridine rings is 1. The van der Waals surface area contributed by atoms with Crippen molar-refractivity contribution in [2.24, 2.45) is 5.41 Å². The van der Waals surface area contributed by atoms with E-state index in [1.54, 1.807) is 29.1 Å². The Morgan fingerprint density at radius 3 is 2.61 bits per heavy atom. The van der Waals surface area contributed by atoms with E-state index in [2.05, 4.69) is 35.3 Å². The predicted octanol–water partition coefficient (Wildman–Crippen LogP) is 4.91. The fourth-order valence-electron chi connectivity index (χ4n) is 5.40. The highest BCUT2D eigenvalue weighted by atomic mass is 19.3. The van der Waals surface area contributed by atoms with Crippen molar-refractivity contribution in [1.82, 2.24) is 29.7 Å². The van der Waals surface area contributed by atoms with Gasteiger partial charge in [0.1, 0.15) is 11.6 Å². The van der Waals surface area contributed by atoms with E-state index in [0.29, 0.717) is 41.8 Å². The first-order valence-corrected chi connectivity index (χ1v) is 12.4. The molecule has 0 atom stereocenters. The fourth-order valence-corrected chi connectivity index (χ4v) is 5.40. The molecule has 1 saturated heterocycles. The molecule has 1 aliphatic heterocycles. The van der Waals surface area contributed by atoms with Crippen molar-refractivity contribution in [1.29, 1.82) is 0 Å². The lowest BCUT2D eigenvalue weighted by molar-refractivity contribution is -0.152. The van der Waals surface area contributed by atoms with E-state index < -0.39 is 11.7 Å². The maximum absolute atomic E-state index is 14.9. The van der Waals surface area contributed by atoms with Crippen LogP contribution in [-0.4, -0.2) is 48.7 Å². The number of nitrogens with one attached hydrogen (secondary N) is 1. The number of halogens is 3. The number of nitrogen functional groups attached to an aromatic ring is 1. The summed E-state index contributed by atoms with van der Waals surface area (Å²) in [6.07, 6.45) is 3.86. The minimum Gasteiger partial charge on any atom is -0.368 e. The fraction of sp³-hybridized carbons (Fsp3) is 0.346. The molecule has 0 radical (unpaired) electrons. The van der Waals surface area contributed by atoms with Crippen molar-refractivity contribution >= 4 is 23.4 Å². The average Bonchev–Trinajstić information content (AvgIpc) is 3.48. The number of aromatic nitrogens is 6. The normalized spacial score (nSPS) is 17.5. The SMILES string of the molecule is CCn1nc(-c2ccc(N3CCC4(C3)CC(F)(F)C4)nc2)nc1Nc1ccc(-c2ccnc(N)n2)c(F)c1. The lowest BCUT2D eigenvalue weighted by atomic mass is 9.65. The van der Waals surface area contributed by atoms with Gasteiger partial charge < -0.3 is 16.0 Å². The molecule has 4 aromatic rings. The molecule has 2 aliphatic rings. The van der Waals surface area contributed by atoms with Gasteiger partial charge in [-0.15, -0.1) is 5.10 Å². The van der Waals surface area contributed by atoms with E-state index in [1.807, 2.05) is 19.1 Å². The van der Waals surface area contributed by atoms with Gasteiger partial charge in [0.05, 0.1) is 5.69 Å². The maximum atomic E-state index is 14.9. The van der Waals surface area contributed by atoms with Gasteiger partial charge in [0.25, 0.3) is 0 Å². The smallest absolute Gasteiger partial charge is 0.249 e. The second kappa shape index (κ2) is 8.96. The topological polar surface area (TPSA) is 111 Å². The average molecular weight is 522 g/mol. The van der Waals surface area contributed by atoms with Gasteiger partial charge >= 0.3 is 0 Å². The van der Waals surface area contributed by atoms with Gasteiger partial charge in [-0.25, -0.2) is 32.8 Å². The Kier molecular flexibility index (Phi) is 5.69. The van der Waals surface area contributed by atoms with Gasteiger partial charge in [-0.1, -0.05) is 0 Å². The molecule has 1 saturated carbocycles. The monoisotopic (exact) mass is 521 g/mol. The first kappa shape index (κ1) is 24.1. The van der Waals surface area contributed by atoms with E-state index in [0.717, 1.165) is 24.3 Å². The van der Waals surface area contributed by atoms with E-state index in [9.17, 15) is 13.2 Å². The number of anilines is 4. The number of hydrogen-bond acceptors (Lipinski definition) is 8. The minimum atomic E-state index is -2.53. The number of alkyl halides is 2. The number of nitrogens with zero attached hydrogens (tertiary/aromatic N) is 7. The third-order valence-electron chi connectivity index (χ3n) is 7.18. The third kappa shape index (κ3) is 4.50. The molecule has 12 heteroatoms. The Bertz CT molecular complexity index is 1480. The molecule has 196 valence electrons. The van der Waals surface area contributed by atoms with E-state index in [-0.39, 0.29) is 24.2 Å². The summed E-state index contributed by atoms with van der Waals surface area (Å²) in [5.41, 5.74) is 7.26. The zero-order valence-corrected chi connectivity index (χ0v) is 20.7.